The molecule has 1 rings (SSSR count). The molecule has 1 heterocycles. The molecular formula is C10H17N7O2. The van der Waals surface area contributed by atoms with Crippen LogP contribution in [0.25, 0.3) is 0 Å². The van der Waals surface area contributed by atoms with Gasteiger partial charge in [-0.25, -0.2) is 15.6 Å². The van der Waals surface area contributed by atoms with Gasteiger partial charge in [0.25, 0.3) is 5.91 Å². The first kappa shape index (κ1) is 14.6. The maximum Gasteiger partial charge on any atom is 0.316 e. The fourth-order valence-corrected chi connectivity index (χ4v) is 1.14. The molecule has 0 unspecified atom stereocenters. The van der Waals surface area contributed by atoms with Gasteiger partial charge in [0, 0.05) is 27.2 Å². The van der Waals surface area contributed by atoms with Crippen molar-refractivity contribution in [3.05, 3.63) is 18.1 Å². The fraction of sp³-hybridized carbons (Fsp3) is 0.400. The Balaban J connectivity index is 2.37. The molecular weight excluding hydrogens is 250 g/mol. The number of rotatable bonds is 5. The molecule has 0 atom stereocenters. The Bertz CT molecular complexity index is 449. The molecule has 5 N–H and O–H groups in total. The second kappa shape index (κ2) is 7.11. The minimum Gasteiger partial charge on any atom is -0.349 e. The molecule has 0 radical (unpaired) electrons. The summed E-state index contributed by atoms with van der Waals surface area (Å²) in [6, 6.07) is -0.219. The Kier molecular flexibility index (Phi) is 5.48. The molecule has 1 aromatic rings. The van der Waals surface area contributed by atoms with Crippen molar-refractivity contribution < 1.29 is 9.59 Å². The molecule has 0 spiro atoms. The molecule has 9 nitrogen and oxygen atoms in total. The minimum absolute atomic E-state index is 0.148. The third kappa shape index (κ3) is 4.76. The summed E-state index contributed by atoms with van der Waals surface area (Å²) in [5.41, 5.74) is 2.45. The van der Waals surface area contributed by atoms with E-state index in [0.29, 0.717) is 18.9 Å². The van der Waals surface area contributed by atoms with E-state index in [1.165, 1.54) is 17.3 Å². The van der Waals surface area contributed by atoms with Gasteiger partial charge in [-0.05, 0) is 0 Å². The summed E-state index contributed by atoms with van der Waals surface area (Å²) in [6.07, 6.45) is 2.72. The number of urea groups is 1. The van der Waals surface area contributed by atoms with Crippen LogP contribution < -0.4 is 21.9 Å². The molecule has 0 aliphatic carbocycles. The van der Waals surface area contributed by atoms with Crippen LogP contribution in [0.5, 0.6) is 0 Å². The summed E-state index contributed by atoms with van der Waals surface area (Å²) < 4.78 is 0. The third-order valence-electron chi connectivity index (χ3n) is 2.11. The standard InChI is InChI=1S/C10H17N7O2/c1-17(2)10(19)14-4-3-13-9(18)7-5-12-6-8(15-7)16-11/h5-6H,3-4,11H2,1-2H3,(H,13,18)(H,14,19)(H,15,16). The topological polar surface area (TPSA) is 125 Å². The number of carbonyl (C=O) groups is 2. The highest BCUT2D eigenvalue weighted by Crippen LogP contribution is 1.99. The van der Waals surface area contributed by atoms with Crippen molar-refractivity contribution in [2.45, 2.75) is 0 Å². The van der Waals surface area contributed by atoms with Crippen LogP contribution in [-0.4, -0.2) is 54.0 Å². The lowest BCUT2D eigenvalue weighted by Gasteiger charge is -2.12. The largest absolute Gasteiger partial charge is 0.349 e. The molecule has 0 aromatic carbocycles. The summed E-state index contributed by atoms with van der Waals surface area (Å²) in [6.45, 7) is 0.616. The van der Waals surface area contributed by atoms with Gasteiger partial charge < -0.3 is 21.0 Å². The van der Waals surface area contributed by atoms with Crippen molar-refractivity contribution in [1.29, 1.82) is 0 Å². The van der Waals surface area contributed by atoms with E-state index < -0.39 is 0 Å². The lowest BCUT2D eigenvalue weighted by molar-refractivity contribution is 0.0948. The number of nitrogen functional groups attached to an aromatic ring is 1. The average Bonchev–Trinajstić information content (AvgIpc) is 2.42. The van der Waals surface area contributed by atoms with Gasteiger partial charge in [-0.2, -0.15) is 0 Å². The SMILES string of the molecule is CN(C)C(=O)NCCNC(=O)c1cncc(NN)n1. The summed E-state index contributed by atoms with van der Waals surface area (Å²) in [5, 5.41) is 5.22. The van der Waals surface area contributed by atoms with E-state index in [9.17, 15) is 9.59 Å². The maximum absolute atomic E-state index is 11.7. The molecule has 0 fully saturated rings. The number of nitrogens with two attached hydrogens (primary N) is 1. The zero-order valence-corrected chi connectivity index (χ0v) is 10.8. The van der Waals surface area contributed by atoms with Gasteiger partial charge in [0.05, 0.1) is 12.4 Å². The van der Waals surface area contributed by atoms with Gasteiger partial charge >= 0.3 is 6.03 Å². The molecule has 9 heteroatoms. The Morgan fingerprint density at radius 2 is 1.95 bits per heavy atom. The molecule has 104 valence electrons. The number of amides is 3. The predicted octanol–water partition coefficient (Wildman–Crippen LogP) is -1.24. The zero-order valence-electron chi connectivity index (χ0n) is 10.8. The highest BCUT2D eigenvalue weighted by Gasteiger charge is 2.08. The number of nitrogens with one attached hydrogen (secondary N) is 3. The summed E-state index contributed by atoms with van der Waals surface area (Å²) in [4.78, 5) is 32.0. The van der Waals surface area contributed by atoms with Crippen LogP contribution in [0, 0.1) is 0 Å². The normalized spacial score (nSPS) is 9.63. The summed E-state index contributed by atoms with van der Waals surface area (Å²) in [5.74, 6) is 5.08. The first-order valence-corrected chi connectivity index (χ1v) is 5.56. The van der Waals surface area contributed by atoms with E-state index in [2.05, 4.69) is 26.0 Å². The predicted molar refractivity (Wildman–Crippen MR) is 69.3 cm³/mol. The van der Waals surface area contributed by atoms with E-state index in [1.54, 1.807) is 14.1 Å². The number of hydrogen-bond donors (Lipinski definition) is 4. The molecule has 0 aliphatic heterocycles. The molecule has 0 bridgehead atoms. The second-order valence-electron chi connectivity index (χ2n) is 3.82. The van der Waals surface area contributed by atoms with Crippen LogP contribution in [0.4, 0.5) is 10.6 Å². The fourth-order valence-electron chi connectivity index (χ4n) is 1.14. The minimum atomic E-state index is -0.385. The van der Waals surface area contributed by atoms with Gasteiger partial charge in [-0.15, -0.1) is 0 Å². The Morgan fingerprint density at radius 1 is 1.26 bits per heavy atom. The van der Waals surface area contributed by atoms with E-state index in [0.717, 1.165) is 0 Å². The van der Waals surface area contributed by atoms with Gasteiger partial charge in [0.1, 0.15) is 5.69 Å². The molecule has 3 amide bonds. The average molecular weight is 267 g/mol. The number of aromatic nitrogens is 2. The van der Waals surface area contributed by atoms with E-state index in [-0.39, 0.29) is 17.6 Å². The van der Waals surface area contributed by atoms with E-state index >= 15 is 0 Å². The lowest BCUT2D eigenvalue weighted by Crippen LogP contribution is -2.39. The second-order valence-corrected chi connectivity index (χ2v) is 3.82. The van der Waals surface area contributed by atoms with Crippen molar-refractivity contribution in [3.63, 3.8) is 0 Å². The van der Waals surface area contributed by atoms with Crippen molar-refractivity contribution in [2.24, 2.45) is 5.84 Å². The third-order valence-corrected chi connectivity index (χ3v) is 2.11. The summed E-state index contributed by atoms with van der Waals surface area (Å²) >= 11 is 0. The Hall–Kier alpha value is -2.42. The van der Waals surface area contributed by atoms with Crippen molar-refractivity contribution in [1.82, 2.24) is 25.5 Å². The summed E-state index contributed by atoms with van der Waals surface area (Å²) in [7, 11) is 3.27. The van der Waals surface area contributed by atoms with Crippen LogP contribution in [0.2, 0.25) is 0 Å². The number of hydrazine groups is 1. The maximum atomic E-state index is 11.7. The zero-order chi connectivity index (χ0) is 14.3. The molecule has 19 heavy (non-hydrogen) atoms. The lowest BCUT2D eigenvalue weighted by atomic mass is 10.4. The van der Waals surface area contributed by atoms with Gasteiger partial charge in [0.2, 0.25) is 0 Å². The van der Waals surface area contributed by atoms with E-state index in [4.69, 9.17) is 5.84 Å². The monoisotopic (exact) mass is 267 g/mol. The van der Waals surface area contributed by atoms with Crippen molar-refractivity contribution in [3.8, 4) is 0 Å². The van der Waals surface area contributed by atoms with Crippen molar-refractivity contribution >= 4 is 17.8 Å². The Morgan fingerprint density at radius 3 is 2.58 bits per heavy atom. The van der Waals surface area contributed by atoms with Gasteiger partial charge in [0.15, 0.2) is 5.82 Å². The van der Waals surface area contributed by atoms with Gasteiger partial charge in [-0.3, -0.25) is 9.78 Å². The molecule has 0 saturated carbocycles. The highest BCUT2D eigenvalue weighted by atomic mass is 16.2. The first-order chi connectivity index (χ1) is 9.04. The first-order valence-electron chi connectivity index (χ1n) is 5.56. The molecule has 0 aliphatic rings. The number of anilines is 1. The smallest absolute Gasteiger partial charge is 0.316 e. The quantitative estimate of drug-likeness (QED) is 0.300. The van der Waals surface area contributed by atoms with Crippen LogP contribution in [0.15, 0.2) is 12.4 Å². The van der Waals surface area contributed by atoms with Crippen LogP contribution in [-0.2, 0) is 0 Å². The van der Waals surface area contributed by atoms with Crippen LogP contribution in [0.1, 0.15) is 10.5 Å². The number of nitrogens with zero attached hydrogens (tertiary/aromatic N) is 3. The number of carbonyl (C=O) groups excluding carboxylic acids is 2. The van der Waals surface area contributed by atoms with Crippen LogP contribution >= 0.6 is 0 Å². The van der Waals surface area contributed by atoms with Crippen molar-refractivity contribution in [2.75, 3.05) is 32.6 Å². The number of hydrogen-bond acceptors (Lipinski definition) is 6. The van der Waals surface area contributed by atoms with Gasteiger partial charge in [-0.1, -0.05) is 0 Å². The molecule has 1 aromatic heterocycles. The highest BCUT2D eigenvalue weighted by molar-refractivity contribution is 5.92. The van der Waals surface area contributed by atoms with E-state index in [1.807, 2.05) is 0 Å². The van der Waals surface area contributed by atoms with Crippen LogP contribution in [0.3, 0.4) is 0 Å². The Labute approximate surface area is 110 Å². The molecule has 0 saturated heterocycles.